The van der Waals surface area contributed by atoms with Crippen LogP contribution < -0.4 is 4.74 Å². The van der Waals surface area contributed by atoms with Crippen LogP contribution in [-0.2, 0) is 4.74 Å². The third kappa shape index (κ3) is 28.0. The lowest BCUT2D eigenvalue weighted by atomic mass is 10.3. The van der Waals surface area contributed by atoms with Crippen molar-refractivity contribution >= 4 is 0 Å². The summed E-state index contributed by atoms with van der Waals surface area (Å²) in [5, 5.41) is 0. The zero-order valence-electron chi connectivity index (χ0n) is 16.2. The van der Waals surface area contributed by atoms with Gasteiger partial charge in [-0.3, -0.25) is 0 Å². The van der Waals surface area contributed by atoms with Crippen LogP contribution in [0, 0.1) is 0 Å². The van der Waals surface area contributed by atoms with Gasteiger partial charge >= 0.3 is 0 Å². The molecule has 21 heavy (non-hydrogen) atoms. The summed E-state index contributed by atoms with van der Waals surface area (Å²) in [6.07, 6.45) is 1.08. The molecule has 0 aliphatic heterocycles. The van der Waals surface area contributed by atoms with E-state index in [2.05, 4.69) is 13.8 Å². The first-order valence-electron chi connectivity index (χ1n) is 8.57. The quantitative estimate of drug-likeness (QED) is 0.560. The predicted octanol–water partition coefficient (Wildman–Crippen LogP) is 6.94. The summed E-state index contributed by atoms with van der Waals surface area (Å²) in [7, 11) is 0. The summed E-state index contributed by atoms with van der Waals surface area (Å²) in [6.45, 7) is 20.8. The maximum Gasteiger partial charge on any atom is 0.196 e. The van der Waals surface area contributed by atoms with Crippen LogP contribution in [0.15, 0.2) is 30.3 Å². The fourth-order valence-corrected chi connectivity index (χ4v) is 0.959. The van der Waals surface area contributed by atoms with Crippen LogP contribution in [0.25, 0.3) is 0 Å². The molecule has 0 aromatic heterocycles. The molecule has 0 N–H and O–H groups in total. The van der Waals surface area contributed by atoms with Crippen LogP contribution >= 0.6 is 0 Å². The molecule has 1 rings (SSSR count). The molecule has 128 valence electrons. The first kappa shape index (κ1) is 28.2. The molecule has 0 aliphatic rings. The molecule has 0 heterocycles. The molecule has 0 fully saturated rings. The maximum absolute atomic E-state index is 5.43. The molecule has 1 aromatic carbocycles. The van der Waals surface area contributed by atoms with E-state index in [9.17, 15) is 0 Å². The number of ether oxygens (including phenoxy) is 2. The summed E-state index contributed by atoms with van der Waals surface area (Å²) >= 11 is 0. The summed E-state index contributed by atoms with van der Waals surface area (Å²) in [6, 6.07) is 9.66. The van der Waals surface area contributed by atoms with Crippen molar-refractivity contribution in [2.24, 2.45) is 0 Å². The number of benzene rings is 1. The Kier molecular flexibility index (Phi) is 42.1. The van der Waals surface area contributed by atoms with Crippen molar-refractivity contribution < 1.29 is 9.47 Å². The van der Waals surface area contributed by atoms with Crippen LogP contribution in [0.4, 0.5) is 0 Å². The van der Waals surface area contributed by atoms with Crippen LogP contribution in [-0.4, -0.2) is 12.9 Å². The molecule has 0 saturated heterocycles. The van der Waals surface area contributed by atoms with E-state index >= 15 is 0 Å². The van der Waals surface area contributed by atoms with Crippen molar-refractivity contribution in [3.05, 3.63) is 30.3 Å². The Labute approximate surface area is 134 Å². The number of hydrogen-bond donors (Lipinski definition) is 0. The standard InChI is InChI=1S/C10H14O2.C3H8.3C2H6/c1-3-11-9(2)12-10-7-5-4-6-8-10;1-3-2;3*1-2/h4-9H,3H2,1-2H3;3H2,1-2H3;3*1-2H3. The molecule has 2 heteroatoms. The third-order valence-corrected chi connectivity index (χ3v) is 1.45. The van der Waals surface area contributed by atoms with E-state index in [0.29, 0.717) is 6.61 Å². The molecule has 0 radical (unpaired) electrons. The van der Waals surface area contributed by atoms with E-state index in [1.54, 1.807) is 0 Å². The van der Waals surface area contributed by atoms with E-state index in [4.69, 9.17) is 9.47 Å². The molecule has 0 amide bonds. The van der Waals surface area contributed by atoms with Crippen LogP contribution in [0.1, 0.15) is 75.7 Å². The molecule has 1 aromatic rings. The molecular formula is C19H40O2. The Hall–Kier alpha value is -1.02. The van der Waals surface area contributed by atoms with Crippen molar-refractivity contribution in [3.63, 3.8) is 0 Å². The van der Waals surface area contributed by atoms with Gasteiger partial charge in [-0.2, -0.15) is 0 Å². The van der Waals surface area contributed by atoms with Gasteiger partial charge in [0.25, 0.3) is 0 Å². The minimum Gasteiger partial charge on any atom is -0.465 e. The van der Waals surface area contributed by atoms with Crippen LogP contribution in [0.2, 0.25) is 0 Å². The van der Waals surface area contributed by atoms with Gasteiger partial charge in [0.2, 0.25) is 0 Å². The van der Waals surface area contributed by atoms with Crippen molar-refractivity contribution in [1.82, 2.24) is 0 Å². The molecular weight excluding hydrogens is 260 g/mol. The van der Waals surface area contributed by atoms with E-state index in [0.717, 1.165) is 5.75 Å². The summed E-state index contributed by atoms with van der Waals surface area (Å²) in [4.78, 5) is 0. The summed E-state index contributed by atoms with van der Waals surface area (Å²) in [5.41, 5.74) is 0. The zero-order valence-corrected chi connectivity index (χ0v) is 16.2. The fourth-order valence-electron chi connectivity index (χ4n) is 0.959. The van der Waals surface area contributed by atoms with Gasteiger partial charge in [0.15, 0.2) is 6.29 Å². The highest BCUT2D eigenvalue weighted by molar-refractivity contribution is 5.20. The van der Waals surface area contributed by atoms with E-state index in [1.165, 1.54) is 6.42 Å². The van der Waals surface area contributed by atoms with Crippen molar-refractivity contribution in [2.45, 2.75) is 81.9 Å². The highest BCUT2D eigenvalue weighted by Crippen LogP contribution is 2.10. The predicted molar refractivity (Wildman–Crippen MR) is 98.2 cm³/mol. The lowest BCUT2D eigenvalue weighted by Gasteiger charge is -2.13. The van der Waals surface area contributed by atoms with Gasteiger partial charge in [0.1, 0.15) is 5.75 Å². The zero-order chi connectivity index (χ0) is 17.5. The Morgan fingerprint density at radius 3 is 1.52 bits per heavy atom. The van der Waals surface area contributed by atoms with Gasteiger partial charge in [0, 0.05) is 6.61 Å². The smallest absolute Gasteiger partial charge is 0.196 e. The SMILES string of the molecule is CC.CC.CC.CCC.CCOC(C)Oc1ccccc1. The Morgan fingerprint density at radius 1 is 0.810 bits per heavy atom. The number of rotatable bonds is 4. The molecule has 1 atom stereocenters. The Bertz CT molecular complexity index is 222. The Balaban J connectivity index is -0.000000136. The molecule has 0 bridgehead atoms. The molecule has 0 spiro atoms. The lowest BCUT2D eigenvalue weighted by molar-refractivity contribution is -0.0613. The fraction of sp³-hybridized carbons (Fsp3) is 0.684. The molecule has 0 saturated carbocycles. The van der Waals surface area contributed by atoms with Crippen molar-refractivity contribution in [2.75, 3.05) is 6.61 Å². The maximum atomic E-state index is 5.43. The first-order chi connectivity index (χ1) is 10.2. The second-order valence-electron chi connectivity index (χ2n) is 3.16. The van der Waals surface area contributed by atoms with Crippen molar-refractivity contribution in [3.8, 4) is 5.75 Å². The summed E-state index contributed by atoms with van der Waals surface area (Å²) < 4.78 is 10.7. The van der Waals surface area contributed by atoms with Crippen LogP contribution in [0.5, 0.6) is 5.75 Å². The van der Waals surface area contributed by atoms with Gasteiger partial charge in [-0.05, 0) is 26.0 Å². The third-order valence-electron chi connectivity index (χ3n) is 1.45. The largest absolute Gasteiger partial charge is 0.465 e. The number of hydrogen-bond acceptors (Lipinski definition) is 2. The number of para-hydroxylation sites is 1. The van der Waals surface area contributed by atoms with E-state index in [-0.39, 0.29) is 6.29 Å². The monoisotopic (exact) mass is 300 g/mol. The van der Waals surface area contributed by atoms with Crippen molar-refractivity contribution in [1.29, 1.82) is 0 Å². The Morgan fingerprint density at radius 2 is 1.19 bits per heavy atom. The lowest BCUT2D eigenvalue weighted by Crippen LogP contribution is -2.15. The average Bonchev–Trinajstić information content (AvgIpc) is 2.55. The van der Waals surface area contributed by atoms with E-state index in [1.807, 2.05) is 85.7 Å². The highest BCUT2D eigenvalue weighted by Gasteiger charge is 2.00. The molecule has 2 nitrogen and oxygen atoms in total. The second-order valence-corrected chi connectivity index (χ2v) is 3.16. The molecule has 0 aliphatic carbocycles. The summed E-state index contributed by atoms with van der Waals surface area (Å²) in [5.74, 6) is 0.846. The normalized spacial score (nSPS) is 8.86. The topological polar surface area (TPSA) is 18.5 Å². The van der Waals surface area contributed by atoms with Gasteiger partial charge in [0.05, 0.1) is 0 Å². The molecule has 1 unspecified atom stereocenters. The minimum absolute atomic E-state index is 0.169. The second kappa shape index (κ2) is 31.4. The minimum atomic E-state index is -0.169. The van der Waals surface area contributed by atoms with Gasteiger partial charge in [-0.15, -0.1) is 0 Å². The van der Waals surface area contributed by atoms with E-state index < -0.39 is 0 Å². The van der Waals surface area contributed by atoms with Gasteiger partial charge in [-0.1, -0.05) is 80.0 Å². The average molecular weight is 301 g/mol. The highest BCUT2D eigenvalue weighted by atomic mass is 16.7. The van der Waals surface area contributed by atoms with Gasteiger partial charge in [-0.25, -0.2) is 0 Å². The first-order valence-corrected chi connectivity index (χ1v) is 8.57. The van der Waals surface area contributed by atoms with Gasteiger partial charge < -0.3 is 9.47 Å². The van der Waals surface area contributed by atoms with Crippen LogP contribution in [0.3, 0.4) is 0 Å².